The molecule has 0 aliphatic heterocycles. The zero-order valence-corrected chi connectivity index (χ0v) is 21.4. The number of nitrogens with one attached hydrogen (secondary N) is 2. The van der Waals surface area contributed by atoms with Gasteiger partial charge in [-0.3, -0.25) is 14.9 Å². The Balaban J connectivity index is 1.78. The highest BCUT2D eigenvalue weighted by Crippen LogP contribution is 2.35. The number of hydrogen-bond acceptors (Lipinski definition) is 8. The first kappa shape index (κ1) is 26.6. The highest BCUT2D eigenvalue weighted by molar-refractivity contribution is 7.89. The molecule has 0 bridgehead atoms. The molecule has 12 nitrogen and oxygen atoms in total. The van der Waals surface area contributed by atoms with Gasteiger partial charge in [0.25, 0.3) is 11.6 Å². The summed E-state index contributed by atoms with van der Waals surface area (Å²) in [6.45, 7) is 3.66. The van der Waals surface area contributed by atoms with Crippen molar-refractivity contribution in [3.05, 3.63) is 94.1 Å². The van der Waals surface area contributed by atoms with E-state index in [1.165, 1.54) is 17.0 Å². The summed E-state index contributed by atoms with van der Waals surface area (Å²) in [5.41, 5.74) is 0.506. The van der Waals surface area contributed by atoms with Crippen molar-refractivity contribution in [1.29, 1.82) is 0 Å². The topological polar surface area (TPSA) is 159 Å². The Bertz CT molecular complexity index is 1550. The minimum Gasteiger partial charge on any atom is -0.467 e. The number of para-hydroxylation sites is 1. The summed E-state index contributed by atoms with van der Waals surface area (Å²) in [6, 6.07) is 15.5. The first-order chi connectivity index (χ1) is 18.2. The minimum absolute atomic E-state index is 0.0471. The minimum atomic E-state index is -4.16. The van der Waals surface area contributed by atoms with Gasteiger partial charge in [0.15, 0.2) is 5.69 Å². The van der Waals surface area contributed by atoms with Gasteiger partial charge in [0.1, 0.15) is 16.4 Å². The molecule has 0 aliphatic rings. The molecule has 2 aromatic heterocycles. The average Bonchev–Trinajstić information content (AvgIpc) is 3.55. The molecule has 13 heteroatoms. The number of hydrogen-bond donors (Lipinski definition) is 2. The Morgan fingerprint density at radius 2 is 1.92 bits per heavy atom. The predicted octanol–water partition coefficient (Wildman–Crippen LogP) is 4.09. The summed E-state index contributed by atoms with van der Waals surface area (Å²) in [4.78, 5) is 23.3. The van der Waals surface area contributed by atoms with Crippen LogP contribution in [0.4, 0.5) is 5.69 Å². The highest BCUT2D eigenvalue weighted by atomic mass is 32.2. The fourth-order valence-corrected chi connectivity index (χ4v) is 4.83. The summed E-state index contributed by atoms with van der Waals surface area (Å²) in [6.07, 6.45) is 2.01. The Hall–Kier alpha value is -4.49. The lowest BCUT2D eigenvalue weighted by Crippen LogP contribution is -2.25. The third-order valence-corrected chi connectivity index (χ3v) is 6.95. The number of benzene rings is 2. The second-order valence-electron chi connectivity index (χ2n) is 8.18. The van der Waals surface area contributed by atoms with Crippen LogP contribution in [0.5, 0.6) is 11.6 Å². The zero-order valence-electron chi connectivity index (χ0n) is 20.6. The third-order valence-electron chi connectivity index (χ3n) is 5.46. The normalized spacial score (nSPS) is 11.3. The van der Waals surface area contributed by atoms with Crippen LogP contribution in [0.25, 0.3) is 5.69 Å². The molecule has 0 spiro atoms. The van der Waals surface area contributed by atoms with Gasteiger partial charge in [-0.15, -0.1) is 0 Å². The second-order valence-corrected chi connectivity index (χ2v) is 9.91. The van der Waals surface area contributed by atoms with Gasteiger partial charge in [-0.05, 0) is 43.7 Å². The standard InChI is InChI=1S/C25H25N5O7S/c1-3-13-27-38(34,35)22-15-19(30(32)33)11-12-21(22)37-25-17(2)23(24(31)26-16-20-10-7-14-36-20)28-29(25)18-8-5-4-6-9-18/h4-12,14-15,27H,3,13,16H2,1-2H3,(H,26,31). The Kier molecular flexibility index (Phi) is 7.88. The summed E-state index contributed by atoms with van der Waals surface area (Å²) in [5, 5.41) is 18.5. The van der Waals surface area contributed by atoms with E-state index in [2.05, 4.69) is 15.1 Å². The van der Waals surface area contributed by atoms with Crippen LogP contribution in [0.2, 0.25) is 0 Å². The predicted molar refractivity (Wildman–Crippen MR) is 137 cm³/mol. The molecule has 38 heavy (non-hydrogen) atoms. The highest BCUT2D eigenvalue weighted by Gasteiger charge is 2.27. The summed E-state index contributed by atoms with van der Waals surface area (Å²) in [7, 11) is -4.16. The maximum atomic E-state index is 13.0. The SMILES string of the molecule is CCCNS(=O)(=O)c1cc([N+](=O)[O-])ccc1Oc1c(C)c(C(=O)NCc2ccco2)nn1-c1ccccc1. The smallest absolute Gasteiger partial charge is 0.272 e. The van der Waals surface area contributed by atoms with Crippen molar-refractivity contribution in [3.8, 4) is 17.3 Å². The number of nitrogens with zero attached hydrogens (tertiary/aromatic N) is 3. The molecule has 0 radical (unpaired) electrons. The number of aromatic nitrogens is 2. The maximum Gasteiger partial charge on any atom is 0.272 e. The van der Waals surface area contributed by atoms with Crippen LogP contribution in [0.3, 0.4) is 0 Å². The van der Waals surface area contributed by atoms with Crippen LogP contribution in [-0.2, 0) is 16.6 Å². The molecule has 0 atom stereocenters. The van der Waals surface area contributed by atoms with Crippen molar-refractivity contribution in [2.75, 3.05) is 6.54 Å². The fourth-order valence-electron chi connectivity index (χ4n) is 3.55. The number of amides is 1. The lowest BCUT2D eigenvalue weighted by molar-refractivity contribution is -0.385. The lowest BCUT2D eigenvalue weighted by atomic mass is 10.2. The van der Waals surface area contributed by atoms with Crippen LogP contribution in [-0.4, -0.2) is 35.6 Å². The number of non-ortho nitro benzene ring substituents is 1. The quantitative estimate of drug-likeness (QED) is 0.213. The van der Waals surface area contributed by atoms with Gasteiger partial charge in [0, 0.05) is 24.2 Å². The first-order valence-corrected chi connectivity index (χ1v) is 13.1. The summed E-state index contributed by atoms with van der Waals surface area (Å²) >= 11 is 0. The molecule has 0 fully saturated rings. The summed E-state index contributed by atoms with van der Waals surface area (Å²) in [5.74, 6) is -0.0445. The van der Waals surface area contributed by atoms with E-state index in [1.807, 2.05) is 0 Å². The molecule has 0 saturated carbocycles. The molecule has 2 aromatic carbocycles. The molecule has 4 rings (SSSR count). The van der Waals surface area contributed by atoms with Crippen molar-refractivity contribution >= 4 is 21.6 Å². The zero-order chi connectivity index (χ0) is 27.3. The number of sulfonamides is 1. The van der Waals surface area contributed by atoms with E-state index in [-0.39, 0.29) is 30.4 Å². The van der Waals surface area contributed by atoms with Gasteiger partial charge in [-0.2, -0.15) is 9.78 Å². The molecule has 0 saturated heterocycles. The molecule has 0 unspecified atom stereocenters. The van der Waals surface area contributed by atoms with E-state index in [4.69, 9.17) is 9.15 Å². The largest absolute Gasteiger partial charge is 0.467 e. The lowest BCUT2D eigenvalue weighted by Gasteiger charge is -2.14. The van der Waals surface area contributed by atoms with Crippen LogP contribution >= 0.6 is 0 Å². The number of carbonyl (C=O) groups is 1. The number of carbonyl (C=O) groups excluding carboxylic acids is 1. The number of nitro groups is 1. The molecular formula is C25H25N5O7S. The third kappa shape index (κ3) is 5.74. The van der Waals surface area contributed by atoms with Crippen molar-refractivity contribution in [2.45, 2.75) is 31.7 Å². The van der Waals surface area contributed by atoms with E-state index in [0.717, 1.165) is 12.1 Å². The Morgan fingerprint density at radius 3 is 2.58 bits per heavy atom. The summed E-state index contributed by atoms with van der Waals surface area (Å²) < 4.78 is 41.1. The first-order valence-electron chi connectivity index (χ1n) is 11.6. The van der Waals surface area contributed by atoms with Gasteiger partial charge >= 0.3 is 0 Å². The van der Waals surface area contributed by atoms with Crippen LogP contribution in [0.1, 0.15) is 35.2 Å². The molecule has 1 amide bonds. The Labute approximate surface area is 218 Å². The van der Waals surface area contributed by atoms with Crippen LogP contribution < -0.4 is 14.8 Å². The molecule has 4 aromatic rings. The van der Waals surface area contributed by atoms with Crippen molar-refractivity contribution in [2.24, 2.45) is 0 Å². The van der Waals surface area contributed by atoms with E-state index in [0.29, 0.717) is 23.4 Å². The number of rotatable bonds is 11. The second kappa shape index (κ2) is 11.3. The van der Waals surface area contributed by atoms with E-state index in [9.17, 15) is 23.3 Å². The average molecular weight is 540 g/mol. The number of nitro benzene ring substituents is 1. The molecule has 0 aliphatic carbocycles. The molecule has 2 heterocycles. The van der Waals surface area contributed by atoms with Crippen LogP contribution in [0, 0.1) is 17.0 Å². The van der Waals surface area contributed by atoms with E-state index in [1.54, 1.807) is 56.3 Å². The van der Waals surface area contributed by atoms with Gasteiger partial charge < -0.3 is 14.5 Å². The van der Waals surface area contributed by atoms with Gasteiger partial charge in [-0.1, -0.05) is 25.1 Å². The van der Waals surface area contributed by atoms with Crippen molar-refractivity contribution in [3.63, 3.8) is 0 Å². The number of furan rings is 1. The maximum absolute atomic E-state index is 13.0. The van der Waals surface area contributed by atoms with Crippen molar-refractivity contribution in [1.82, 2.24) is 19.8 Å². The van der Waals surface area contributed by atoms with E-state index < -0.39 is 31.4 Å². The van der Waals surface area contributed by atoms with Gasteiger partial charge in [-0.25, -0.2) is 13.1 Å². The van der Waals surface area contributed by atoms with Gasteiger partial charge in [0.2, 0.25) is 15.9 Å². The monoisotopic (exact) mass is 539 g/mol. The Morgan fingerprint density at radius 1 is 1.16 bits per heavy atom. The molecule has 2 N–H and O–H groups in total. The number of ether oxygens (including phenoxy) is 1. The van der Waals surface area contributed by atoms with E-state index >= 15 is 0 Å². The van der Waals surface area contributed by atoms with Gasteiger partial charge in [0.05, 0.1) is 23.4 Å². The fraction of sp³-hybridized carbons (Fsp3) is 0.200. The molecule has 198 valence electrons. The van der Waals surface area contributed by atoms with Crippen LogP contribution in [0.15, 0.2) is 76.2 Å². The van der Waals surface area contributed by atoms with Crippen molar-refractivity contribution < 1.29 is 27.3 Å². The molecular weight excluding hydrogens is 514 g/mol.